The van der Waals surface area contributed by atoms with Crippen LogP contribution >= 0.6 is 11.3 Å². The number of carbonyl (C=O) groups excluding carboxylic acids is 1. The summed E-state index contributed by atoms with van der Waals surface area (Å²) >= 11 is 1.69. The van der Waals surface area contributed by atoms with E-state index in [1.807, 2.05) is 23.4 Å². The third-order valence-corrected chi connectivity index (χ3v) is 4.93. The Morgan fingerprint density at radius 1 is 1.55 bits per heavy atom. The molecule has 1 saturated heterocycles. The third kappa shape index (κ3) is 4.30. The van der Waals surface area contributed by atoms with E-state index in [-0.39, 0.29) is 11.9 Å². The van der Waals surface area contributed by atoms with Gasteiger partial charge in [0.1, 0.15) is 0 Å². The van der Waals surface area contributed by atoms with Gasteiger partial charge in [0, 0.05) is 11.9 Å². The van der Waals surface area contributed by atoms with Crippen molar-refractivity contribution in [2.45, 2.75) is 38.3 Å². The Bertz CT molecular complexity index is 402. The van der Waals surface area contributed by atoms with Crippen molar-refractivity contribution in [1.82, 2.24) is 10.2 Å². The number of hydrogen-bond donors (Lipinski definition) is 1. The van der Waals surface area contributed by atoms with Gasteiger partial charge in [-0.05, 0) is 44.3 Å². The summed E-state index contributed by atoms with van der Waals surface area (Å²) in [7, 11) is 1.87. The summed E-state index contributed by atoms with van der Waals surface area (Å²) in [5.74, 6) is 0.153. The molecule has 1 fully saturated rings. The van der Waals surface area contributed by atoms with E-state index in [2.05, 4.69) is 18.3 Å². The van der Waals surface area contributed by atoms with Crippen LogP contribution in [-0.2, 0) is 9.53 Å². The summed E-state index contributed by atoms with van der Waals surface area (Å²) < 4.78 is 5.79. The number of nitrogens with zero attached hydrogens (tertiary/aromatic N) is 1. The zero-order valence-corrected chi connectivity index (χ0v) is 13.1. The molecule has 0 bridgehead atoms. The van der Waals surface area contributed by atoms with Crippen LogP contribution in [0.1, 0.15) is 37.1 Å². The highest BCUT2D eigenvalue weighted by Gasteiger charge is 2.19. The molecule has 2 rings (SSSR count). The third-order valence-electron chi connectivity index (χ3n) is 3.88. The molecule has 1 unspecified atom stereocenters. The first kappa shape index (κ1) is 15.5. The molecule has 112 valence electrons. The molecular weight excluding hydrogens is 272 g/mol. The fraction of sp³-hybridized carbons (Fsp3) is 0.667. The van der Waals surface area contributed by atoms with Crippen LogP contribution < -0.4 is 5.32 Å². The van der Waals surface area contributed by atoms with Gasteiger partial charge in [-0.15, -0.1) is 11.3 Å². The molecule has 1 aliphatic heterocycles. The molecular formula is C15H24N2O2S. The van der Waals surface area contributed by atoms with Crippen LogP contribution in [0.2, 0.25) is 0 Å². The lowest BCUT2D eigenvalue weighted by atomic mass is 10.1. The maximum absolute atomic E-state index is 12.2. The maximum Gasteiger partial charge on any atom is 0.225 e. The minimum Gasteiger partial charge on any atom is -0.378 e. The molecule has 1 N–H and O–H groups in total. The molecule has 1 aliphatic rings. The topological polar surface area (TPSA) is 41.6 Å². The van der Waals surface area contributed by atoms with Gasteiger partial charge in [0.05, 0.1) is 25.2 Å². The molecule has 1 aromatic heterocycles. The average Bonchev–Trinajstić information content (AvgIpc) is 3.01. The van der Waals surface area contributed by atoms with E-state index in [9.17, 15) is 4.79 Å². The lowest BCUT2D eigenvalue weighted by Gasteiger charge is -2.26. The molecule has 0 spiro atoms. The van der Waals surface area contributed by atoms with Crippen LogP contribution in [0.5, 0.6) is 0 Å². The van der Waals surface area contributed by atoms with E-state index in [1.165, 1.54) is 4.88 Å². The van der Waals surface area contributed by atoms with Gasteiger partial charge >= 0.3 is 0 Å². The monoisotopic (exact) mass is 296 g/mol. The molecule has 20 heavy (non-hydrogen) atoms. The van der Waals surface area contributed by atoms with Gasteiger partial charge in [0.2, 0.25) is 5.91 Å². The van der Waals surface area contributed by atoms with Crippen molar-refractivity contribution in [3.63, 3.8) is 0 Å². The summed E-state index contributed by atoms with van der Waals surface area (Å²) in [6.07, 6.45) is 2.89. The molecule has 1 atom stereocenters. The highest BCUT2D eigenvalue weighted by molar-refractivity contribution is 7.10. The lowest BCUT2D eigenvalue weighted by Crippen LogP contribution is -2.34. The fourth-order valence-corrected chi connectivity index (χ4v) is 3.21. The standard InChI is InChI=1S/C15H24N2O2S/c1-12(14-4-3-11-20-14)17(2)15(18)7-10-19-13-5-8-16-9-6-13/h3-4,11-13,16H,5-10H2,1-2H3. The van der Waals surface area contributed by atoms with Crippen LogP contribution in [0.3, 0.4) is 0 Å². The lowest BCUT2D eigenvalue weighted by molar-refractivity contribution is -0.133. The van der Waals surface area contributed by atoms with E-state index in [0.29, 0.717) is 19.1 Å². The summed E-state index contributed by atoms with van der Waals surface area (Å²) in [6.45, 7) is 4.64. The first-order valence-corrected chi connectivity index (χ1v) is 8.18. The van der Waals surface area contributed by atoms with Crippen molar-refractivity contribution in [2.24, 2.45) is 0 Å². The molecule has 1 amide bonds. The minimum absolute atomic E-state index is 0.140. The highest BCUT2D eigenvalue weighted by atomic mass is 32.1. The predicted octanol–water partition coefficient (Wildman–Crippen LogP) is 2.43. The average molecular weight is 296 g/mol. The highest BCUT2D eigenvalue weighted by Crippen LogP contribution is 2.23. The number of amides is 1. The Morgan fingerprint density at radius 2 is 2.30 bits per heavy atom. The number of piperidine rings is 1. The second-order valence-corrected chi connectivity index (χ2v) is 6.25. The molecule has 2 heterocycles. The van der Waals surface area contributed by atoms with Gasteiger partial charge in [0.25, 0.3) is 0 Å². The summed E-state index contributed by atoms with van der Waals surface area (Å²) in [5, 5.41) is 5.35. The number of carbonyl (C=O) groups is 1. The number of ether oxygens (including phenoxy) is 1. The first-order chi connectivity index (χ1) is 9.68. The minimum atomic E-state index is 0.140. The molecule has 0 aromatic carbocycles. The van der Waals surface area contributed by atoms with Crippen molar-refractivity contribution >= 4 is 17.2 Å². The molecule has 5 heteroatoms. The van der Waals surface area contributed by atoms with Gasteiger partial charge in [-0.25, -0.2) is 0 Å². The Balaban J connectivity index is 1.71. The van der Waals surface area contributed by atoms with Crippen molar-refractivity contribution < 1.29 is 9.53 Å². The van der Waals surface area contributed by atoms with E-state index in [1.54, 1.807) is 11.3 Å². The Morgan fingerprint density at radius 3 is 2.95 bits per heavy atom. The van der Waals surface area contributed by atoms with Crippen LogP contribution in [-0.4, -0.2) is 43.7 Å². The predicted molar refractivity (Wildman–Crippen MR) is 82.0 cm³/mol. The van der Waals surface area contributed by atoms with E-state index in [4.69, 9.17) is 4.74 Å². The number of rotatable bonds is 6. The maximum atomic E-state index is 12.2. The first-order valence-electron chi connectivity index (χ1n) is 7.30. The van der Waals surface area contributed by atoms with E-state index < -0.39 is 0 Å². The van der Waals surface area contributed by atoms with Gasteiger partial charge in [-0.3, -0.25) is 4.79 Å². The van der Waals surface area contributed by atoms with Crippen LogP contribution in [0.4, 0.5) is 0 Å². The van der Waals surface area contributed by atoms with Gasteiger partial charge in [0.15, 0.2) is 0 Å². The second kappa shape index (κ2) is 7.76. The Kier molecular flexibility index (Phi) is 6.01. The van der Waals surface area contributed by atoms with Gasteiger partial charge in [-0.2, -0.15) is 0 Å². The van der Waals surface area contributed by atoms with Gasteiger partial charge < -0.3 is 15.0 Å². The number of nitrogens with one attached hydrogen (secondary N) is 1. The molecule has 1 aromatic rings. The fourth-order valence-electron chi connectivity index (χ4n) is 2.39. The van der Waals surface area contributed by atoms with Gasteiger partial charge in [-0.1, -0.05) is 6.07 Å². The van der Waals surface area contributed by atoms with Crippen molar-refractivity contribution in [3.05, 3.63) is 22.4 Å². The van der Waals surface area contributed by atoms with E-state index >= 15 is 0 Å². The zero-order valence-electron chi connectivity index (χ0n) is 12.3. The molecule has 0 aliphatic carbocycles. The van der Waals surface area contributed by atoms with E-state index in [0.717, 1.165) is 25.9 Å². The molecule has 0 radical (unpaired) electrons. The van der Waals surface area contributed by atoms with Crippen LogP contribution in [0, 0.1) is 0 Å². The zero-order chi connectivity index (χ0) is 14.4. The summed E-state index contributed by atoms with van der Waals surface area (Å²) in [4.78, 5) is 15.2. The Hall–Kier alpha value is -0.910. The largest absolute Gasteiger partial charge is 0.378 e. The van der Waals surface area contributed by atoms with Crippen molar-refractivity contribution in [1.29, 1.82) is 0 Å². The molecule has 4 nitrogen and oxygen atoms in total. The smallest absolute Gasteiger partial charge is 0.225 e. The summed E-state index contributed by atoms with van der Waals surface area (Å²) in [5.41, 5.74) is 0. The van der Waals surface area contributed by atoms with Crippen LogP contribution in [0.15, 0.2) is 17.5 Å². The van der Waals surface area contributed by atoms with Crippen molar-refractivity contribution in [3.8, 4) is 0 Å². The van der Waals surface area contributed by atoms with Crippen LogP contribution in [0.25, 0.3) is 0 Å². The quantitative estimate of drug-likeness (QED) is 0.876. The second-order valence-electron chi connectivity index (χ2n) is 5.27. The Labute approximate surface area is 125 Å². The number of hydrogen-bond acceptors (Lipinski definition) is 4. The van der Waals surface area contributed by atoms with Crippen molar-refractivity contribution in [2.75, 3.05) is 26.7 Å². The summed E-state index contributed by atoms with van der Waals surface area (Å²) in [6, 6.07) is 4.24. The SMILES string of the molecule is CC(c1cccs1)N(C)C(=O)CCOC1CCNCC1. The molecule has 0 saturated carbocycles. The number of thiophene rings is 1. The normalized spacial score (nSPS) is 17.9.